The van der Waals surface area contributed by atoms with Crippen LogP contribution in [0, 0.1) is 0 Å². The van der Waals surface area contributed by atoms with Gasteiger partial charge in [-0.1, -0.05) is 20.8 Å². The van der Waals surface area contributed by atoms with Crippen molar-refractivity contribution in [2.24, 2.45) is 7.05 Å². The van der Waals surface area contributed by atoms with Crippen molar-refractivity contribution < 1.29 is 14.4 Å². The number of carbonyl (C=O) groups excluding carboxylic acids is 3. The molecule has 1 aromatic rings. The molecule has 0 aliphatic carbocycles. The fourth-order valence-electron chi connectivity index (χ4n) is 2.78. The number of carbonyl (C=O) groups is 3. The van der Waals surface area contributed by atoms with Gasteiger partial charge in [0.25, 0.3) is 5.91 Å². The van der Waals surface area contributed by atoms with Gasteiger partial charge >= 0.3 is 11.8 Å². The molecule has 1 aliphatic rings. The van der Waals surface area contributed by atoms with Crippen molar-refractivity contribution in [1.29, 1.82) is 0 Å². The highest BCUT2D eigenvalue weighted by atomic mass is 16.2. The predicted molar refractivity (Wildman–Crippen MR) is 97.7 cm³/mol. The quantitative estimate of drug-likeness (QED) is 0.777. The Kier molecular flexibility index (Phi) is 5.73. The first kappa shape index (κ1) is 19.9. The van der Waals surface area contributed by atoms with Crippen LogP contribution in [0.15, 0.2) is 6.07 Å². The molecule has 0 saturated carbocycles. The molecule has 0 bridgehead atoms. The number of hydrogen-bond donors (Lipinski definition) is 1. The Labute approximate surface area is 154 Å². The van der Waals surface area contributed by atoms with Gasteiger partial charge in [-0.3, -0.25) is 19.1 Å². The minimum Gasteiger partial charge on any atom is -0.346 e. The van der Waals surface area contributed by atoms with Crippen LogP contribution >= 0.6 is 0 Å². The lowest BCUT2D eigenvalue weighted by Crippen LogP contribution is -2.54. The standard InChI is InChI=1S/C18H29N5O3/c1-12(2)19-15(24)17(26)23-9-7-22(8-10-23)16(25)13-11-14(18(3,4)5)20-21(13)6/h11-12H,7-10H2,1-6H3,(H,19,24). The van der Waals surface area contributed by atoms with E-state index >= 15 is 0 Å². The van der Waals surface area contributed by atoms with Crippen LogP contribution in [0.1, 0.15) is 50.8 Å². The minimum atomic E-state index is -0.596. The van der Waals surface area contributed by atoms with Gasteiger partial charge in [0.1, 0.15) is 5.69 Å². The van der Waals surface area contributed by atoms with E-state index in [9.17, 15) is 14.4 Å². The maximum atomic E-state index is 12.8. The van der Waals surface area contributed by atoms with Crippen molar-refractivity contribution in [3.8, 4) is 0 Å². The second-order valence-corrected chi connectivity index (χ2v) is 8.00. The molecule has 0 aromatic carbocycles. The third kappa shape index (κ3) is 4.42. The molecule has 0 spiro atoms. The van der Waals surface area contributed by atoms with Crippen LogP contribution in [-0.4, -0.2) is 69.5 Å². The molecule has 8 heteroatoms. The summed E-state index contributed by atoms with van der Waals surface area (Å²) in [4.78, 5) is 40.0. The minimum absolute atomic E-state index is 0.0869. The normalized spacial score (nSPS) is 15.3. The molecule has 3 amide bonds. The van der Waals surface area contributed by atoms with Crippen LogP contribution in [0.4, 0.5) is 0 Å². The van der Waals surface area contributed by atoms with Crippen molar-refractivity contribution >= 4 is 17.7 Å². The molecule has 144 valence electrons. The topological polar surface area (TPSA) is 87.5 Å². The molecule has 1 aliphatic heterocycles. The number of aryl methyl sites for hydroxylation is 1. The first-order valence-electron chi connectivity index (χ1n) is 8.94. The lowest BCUT2D eigenvalue weighted by molar-refractivity contribution is -0.147. The first-order chi connectivity index (χ1) is 12.0. The van der Waals surface area contributed by atoms with Crippen molar-refractivity contribution in [1.82, 2.24) is 24.9 Å². The summed E-state index contributed by atoms with van der Waals surface area (Å²) in [5.74, 6) is -1.24. The maximum absolute atomic E-state index is 12.8. The van der Waals surface area contributed by atoms with Crippen LogP contribution in [0.2, 0.25) is 0 Å². The summed E-state index contributed by atoms with van der Waals surface area (Å²) in [6.45, 7) is 11.3. The SMILES string of the molecule is CC(C)NC(=O)C(=O)N1CCN(C(=O)c2cc(C(C)(C)C)nn2C)CC1. The molecule has 0 radical (unpaired) electrons. The summed E-state index contributed by atoms with van der Waals surface area (Å²) < 4.78 is 1.61. The van der Waals surface area contributed by atoms with Gasteiger partial charge in [-0.05, 0) is 19.9 Å². The highest BCUT2D eigenvalue weighted by Gasteiger charge is 2.30. The van der Waals surface area contributed by atoms with Crippen LogP contribution < -0.4 is 5.32 Å². The van der Waals surface area contributed by atoms with E-state index < -0.39 is 11.8 Å². The Morgan fingerprint density at radius 2 is 1.62 bits per heavy atom. The van der Waals surface area contributed by atoms with Crippen LogP contribution in [0.3, 0.4) is 0 Å². The predicted octanol–water partition coefficient (Wildman–Crippen LogP) is 0.527. The number of nitrogens with zero attached hydrogens (tertiary/aromatic N) is 4. The number of hydrogen-bond acceptors (Lipinski definition) is 4. The monoisotopic (exact) mass is 363 g/mol. The van der Waals surface area contributed by atoms with Gasteiger partial charge in [-0.2, -0.15) is 5.10 Å². The van der Waals surface area contributed by atoms with E-state index in [1.165, 1.54) is 4.90 Å². The Bertz CT molecular complexity index is 694. The second-order valence-electron chi connectivity index (χ2n) is 8.00. The summed E-state index contributed by atoms with van der Waals surface area (Å²) in [5.41, 5.74) is 1.26. The third-order valence-corrected chi connectivity index (χ3v) is 4.34. The maximum Gasteiger partial charge on any atom is 0.312 e. The van der Waals surface area contributed by atoms with Crippen LogP contribution in [0.25, 0.3) is 0 Å². The van der Waals surface area contributed by atoms with E-state index in [0.717, 1.165) is 5.69 Å². The lowest BCUT2D eigenvalue weighted by atomic mass is 9.92. The number of nitrogens with one attached hydrogen (secondary N) is 1. The van der Waals surface area contributed by atoms with Gasteiger partial charge in [-0.15, -0.1) is 0 Å². The van der Waals surface area contributed by atoms with Crippen LogP contribution in [-0.2, 0) is 22.1 Å². The summed E-state index contributed by atoms with van der Waals surface area (Å²) in [5, 5.41) is 7.05. The van der Waals surface area contributed by atoms with Gasteiger partial charge < -0.3 is 15.1 Å². The van der Waals surface area contributed by atoms with Gasteiger partial charge in [0.2, 0.25) is 0 Å². The summed E-state index contributed by atoms with van der Waals surface area (Å²) in [6.07, 6.45) is 0. The molecule has 2 rings (SSSR count). The zero-order valence-corrected chi connectivity index (χ0v) is 16.5. The molecule has 1 saturated heterocycles. The lowest BCUT2D eigenvalue weighted by Gasteiger charge is -2.34. The highest BCUT2D eigenvalue weighted by Crippen LogP contribution is 2.22. The molecular formula is C18H29N5O3. The van der Waals surface area contributed by atoms with E-state index in [4.69, 9.17) is 0 Å². The van der Waals surface area contributed by atoms with Crippen molar-refractivity contribution in [3.05, 3.63) is 17.5 Å². The van der Waals surface area contributed by atoms with E-state index in [1.807, 2.05) is 19.9 Å². The fourth-order valence-corrected chi connectivity index (χ4v) is 2.78. The van der Waals surface area contributed by atoms with Crippen molar-refractivity contribution in [3.63, 3.8) is 0 Å². The molecular weight excluding hydrogens is 334 g/mol. The molecule has 8 nitrogen and oxygen atoms in total. The van der Waals surface area contributed by atoms with Crippen molar-refractivity contribution in [2.75, 3.05) is 26.2 Å². The first-order valence-corrected chi connectivity index (χ1v) is 8.94. The molecule has 26 heavy (non-hydrogen) atoms. The van der Waals surface area contributed by atoms with Crippen LogP contribution in [0.5, 0.6) is 0 Å². The smallest absolute Gasteiger partial charge is 0.312 e. The average Bonchev–Trinajstić information content (AvgIpc) is 2.95. The Hall–Kier alpha value is -2.38. The molecule has 2 heterocycles. The largest absolute Gasteiger partial charge is 0.346 e. The van der Waals surface area contributed by atoms with E-state index in [-0.39, 0.29) is 17.4 Å². The summed E-state index contributed by atoms with van der Waals surface area (Å²) >= 11 is 0. The second kappa shape index (κ2) is 7.47. The highest BCUT2D eigenvalue weighted by molar-refractivity contribution is 6.35. The number of aromatic nitrogens is 2. The fraction of sp³-hybridized carbons (Fsp3) is 0.667. The number of amides is 3. The molecule has 1 N–H and O–H groups in total. The van der Waals surface area contributed by atoms with Gasteiger partial charge in [0.15, 0.2) is 0 Å². The third-order valence-electron chi connectivity index (χ3n) is 4.34. The summed E-state index contributed by atoms with van der Waals surface area (Å²) in [6, 6.07) is 1.74. The van der Waals surface area contributed by atoms with Gasteiger partial charge in [-0.25, -0.2) is 0 Å². The zero-order valence-electron chi connectivity index (χ0n) is 16.5. The number of rotatable bonds is 2. The van der Waals surface area contributed by atoms with Crippen molar-refractivity contribution in [2.45, 2.75) is 46.1 Å². The van der Waals surface area contributed by atoms with E-state index in [1.54, 1.807) is 16.6 Å². The van der Waals surface area contributed by atoms with E-state index in [0.29, 0.717) is 31.9 Å². The van der Waals surface area contributed by atoms with Gasteiger partial charge in [0, 0.05) is 44.7 Å². The van der Waals surface area contributed by atoms with E-state index in [2.05, 4.69) is 31.2 Å². The molecule has 0 unspecified atom stereocenters. The molecule has 0 atom stereocenters. The number of piperazine rings is 1. The Balaban J connectivity index is 2.00. The Morgan fingerprint density at radius 1 is 1.08 bits per heavy atom. The van der Waals surface area contributed by atoms with Gasteiger partial charge in [0.05, 0.1) is 5.69 Å². The average molecular weight is 363 g/mol. The Morgan fingerprint density at radius 3 is 2.08 bits per heavy atom. The molecule has 1 aromatic heterocycles. The summed E-state index contributed by atoms with van der Waals surface area (Å²) in [7, 11) is 1.76. The zero-order chi connectivity index (χ0) is 19.6. The molecule has 1 fully saturated rings.